The van der Waals surface area contributed by atoms with E-state index < -0.39 is 0 Å². The molecule has 0 atom stereocenters. The lowest BCUT2D eigenvalue weighted by molar-refractivity contribution is -0.130. The predicted octanol–water partition coefficient (Wildman–Crippen LogP) is 2.85. The molecule has 0 radical (unpaired) electrons. The van der Waals surface area contributed by atoms with Crippen molar-refractivity contribution in [2.45, 2.75) is 46.5 Å². The second-order valence-electron chi connectivity index (χ2n) is 6.31. The zero-order chi connectivity index (χ0) is 16.7. The van der Waals surface area contributed by atoms with Gasteiger partial charge in [0.25, 0.3) is 0 Å². The van der Waals surface area contributed by atoms with Gasteiger partial charge in [0.1, 0.15) is 5.75 Å². The van der Waals surface area contributed by atoms with Crippen LogP contribution in [0.4, 0.5) is 0 Å². The maximum Gasteiger partial charge on any atom is 0.222 e. The highest BCUT2D eigenvalue weighted by Crippen LogP contribution is 2.25. The summed E-state index contributed by atoms with van der Waals surface area (Å²) in [6, 6.07) is 4.16. The number of carbonyl (C=O) groups excluding carboxylic acids is 1. The van der Waals surface area contributed by atoms with E-state index in [4.69, 9.17) is 4.74 Å². The topological polar surface area (TPSA) is 41.6 Å². The molecule has 0 bridgehead atoms. The Bertz CT molecular complexity index is 520. The summed E-state index contributed by atoms with van der Waals surface area (Å²) in [5.74, 6) is 1.25. The minimum absolute atomic E-state index is 0.275. The molecule has 1 aliphatic heterocycles. The van der Waals surface area contributed by atoms with E-state index in [0.29, 0.717) is 6.42 Å². The molecule has 23 heavy (non-hydrogen) atoms. The van der Waals surface area contributed by atoms with Gasteiger partial charge in [-0.2, -0.15) is 0 Å². The Morgan fingerprint density at radius 1 is 1.22 bits per heavy atom. The molecule has 1 aromatic rings. The first kappa shape index (κ1) is 17.8. The number of ether oxygens (including phenoxy) is 1. The molecule has 0 saturated carbocycles. The van der Waals surface area contributed by atoms with E-state index in [1.165, 1.54) is 16.7 Å². The minimum Gasteiger partial charge on any atom is -0.493 e. The molecule has 1 heterocycles. The Kier molecular flexibility index (Phi) is 6.90. The fourth-order valence-corrected chi connectivity index (χ4v) is 2.99. The number of amides is 1. The van der Waals surface area contributed by atoms with Crippen LogP contribution in [0.3, 0.4) is 0 Å². The normalized spacial score (nSPS) is 15.3. The number of rotatable bonds is 6. The minimum atomic E-state index is 0.275. The van der Waals surface area contributed by atoms with E-state index >= 15 is 0 Å². The van der Waals surface area contributed by atoms with Gasteiger partial charge in [-0.15, -0.1) is 0 Å². The van der Waals surface area contributed by atoms with Crippen LogP contribution in [0.2, 0.25) is 0 Å². The van der Waals surface area contributed by atoms with Gasteiger partial charge in [0.15, 0.2) is 0 Å². The second kappa shape index (κ2) is 8.92. The quantitative estimate of drug-likeness (QED) is 0.877. The molecule has 1 amide bonds. The van der Waals surface area contributed by atoms with Crippen LogP contribution in [0.15, 0.2) is 12.1 Å². The molecule has 1 fully saturated rings. The van der Waals surface area contributed by atoms with Gasteiger partial charge in [0, 0.05) is 26.1 Å². The summed E-state index contributed by atoms with van der Waals surface area (Å²) in [5, 5.41) is 3.34. The second-order valence-corrected chi connectivity index (χ2v) is 6.31. The smallest absolute Gasteiger partial charge is 0.222 e. The summed E-state index contributed by atoms with van der Waals surface area (Å²) in [6.45, 7) is 10.7. The largest absolute Gasteiger partial charge is 0.493 e. The number of hydrogen-bond donors (Lipinski definition) is 1. The molecule has 4 nitrogen and oxygen atoms in total. The highest BCUT2D eigenvalue weighted by atomic mass is 16.5. The number of aryl methyl sites for hydroxylation is 1. The maximum atomic E-state index is 12.4. The maximum absolute atomic E-state index is 12.4. The Labute approximate surface area is 140 Å². The first-order valence-electron chi connectivity index (χ1n) is 8.83. The summed E-state index contributed by atoms with van der Waals surface area (Å²) in [4.78, 5) is 14.4. The Balaban J connectivity index is 1.94. The zero-order valence-electron chi connectivity index (χ0n) is 14.8. The number of hydrogen-bond acceptors (Lipinski definition) is 3. The molecule has 0 spiro atoms. The van der Waals surface area contributed by atoms with Gasteiger partial charge in [-0.05, 0) is 62.4 Å². The molecule has 0 aromatic heterocycles. The van der Waals surface area contributed by atoms with E-state index in [9.17, 15) is 4.79 Å². The number of nitrogens with zero attached hydrogens (tertiary/aromatic N) is 1. The van der Waals surface area contributed by atoms with E-state index in [2.05, 4.69) is 32.2 Å². The molecule has 0 unspecified atom stereocenters. The van der Waals surface area contributed by atoms with E-state index in [0.717, 1.165) is 57.8 Å². The monoisotopic (exact) mass is 318 g/mol. The lowest BCUT2D eigenvalue weighted by Gasteiger charge is -2.20. The highest BCUT2D eigenvalue weighted by molar-refractivity contribution is 5.76. The first-order valence-corrected chi connectivity index (χ1v) is 8.83. The average molecular weight is 318 g/mol. The highest BCUT2D eigenvalue weighted by Gasteiger charge is 2.16. The van der Waals surface area contributed by atoms with Crippen molar-refractivity contribution in [2.75, 3.05) is 32.8 Å². The fourth-order valence-electron chi connectivity index (χ4n) is 2.99. The Morgan fingerprint density at radius 3 is 2.83 bits per heavy atom. The van der Waals surface area contributed by atoms with Crippen LogP contribution < -0.4 is 10.1 Å². The fraction of sp³-hybridized carbons (Fsp3) is 0.632. The summed E-state index contributed by atoms with van der Waals surface area (Å²) < 4.78 is 5.77. The zero-order valence-corrected chi connectivity index (χ0v) is 14.8. The van der Waals surface area contributed by atoms with Gasteiger partial charge in [0.05, 0.1) is 6.61 Å². The summed E-state index contributed by atoms with van der Waals surface area (Å²) in [7, 11) is 0. The molecule has 1 aromatic carbocycles. The van der Waals surface area contributed by atoms with Gasteiger partial charge >= 0.3 is 0 Å². The van der Waals surface area contributed by atoms with Crippen molar-refractivity contribution in [1.29, 1.82) is 0 Å². The van der Waals surface area contributed by atoms with Crippen LogP contribution in [0.25, 0.3) is 0 Å². The van der Waals surface area contributed by atoms with E-state index in [1.54, 1.807) is 0 Å². The summed E-state index contributed by atoms with van der Waals surface area (Å²) in [5.41, 5.74) is 3.71. The van der Waals surface area contributed by atoms with Gasteiger partial charge < -0.3 is 15.0 Å². The van der Waals surface area contributed by atoms with Crippen molar-refractivity contribution in [3.05, 3.63) is 28.8 Å². The van der Waals surface area contributed by atoms with E-state index in [1.807, 2.05) is 11.0 Å². The number of carbonyl (C=O) groups is 1. The van der Waals surface area contributed by atoms with Crippen molar-refractivity contribution in [3.63, 3.8) is 0 Å². The summed E-state index contributed by atoms with van der Waals surface area (Å²) >= 11 is 0. The Hall–Kier alpha value is -1.55. The number of benzene rings is 1. The van der Waals surface area contributed by atoms with Crippen LogP contribution in [0.1, 0.15) is 42.9 Å². The van der Waals surface area contributed by atoms with Crippen molar-refractivity contribution < 1.29 is 9.53 Å². The van der Waals surface area contributed by atoms with Crippen LogP contribution in [-0.2, 0) is 11.2 Å². The lowest BCUT2D eigenvalue weighted by Crippen LogP contribution is -2.34. The molecular weight excluding hydrogens is 288 g/mol. The Morgan fingerprint density at radius 2 is 2.04 bits per heavy atom. The van der Waals surface area contributed by atoms with Crippen LogP contribution in [0, 0.1) is 13.8 Å². The molecular formula is C19H30N2O2. The molecule has 0 aliphatic carbocycles. The van der Waals surface area contributed by atoms with Crippen molar-refractivity contribution in [1.82, 2.24) is 10.2 Å². The molecule has 2 rings (SSSR count). The molecule has 4 heteroatoms. The third-order valence-electron chi connectivity index (χ3n) is 4.61. The predicted molar refractivity (Wildman–Crippen MR) is 94.1 cm³/mol. The number of nitrogens with one attached hydrogen (secondary N) is 1. The average Bonchev–Trinajstić information content (AvgIpc) is 2.84. The standard InChI is InChI=1S/C19H30N2O2/c1-4-14-23-18-8-6-17(15(2)16(18)3)7-9-19(22)21-12-5-10-20-11-13-21/h6,8,20H,4-5,7,9-14H2,1-3H3. The van der Waals surface area contributed by atoms with Crippen molar-refractivity contribution >= 4 is 5.91 Å². The van der Waals surface area contributed by atoms with Gasteiger partial charge in [-0.1, -0.05) is 13.0 Å². The van der Waals surface area contributed by atoms with Gasteiger partial charge in [-0.25, -0.2) is 0 Å². The molecule has 1 saturated heterocycles. The summed E-state index contributed by atoms with van der Waals surface area (Å²) in [6.07, 6.45) is 3.46. The SMILES string of the molecule is CCCOc1ccc(CCC(=O)N2CCCNCC2)c(C)c1C. The van der Waals surface area contributed by atoms with Crippen LogP contribution >= 0.6 is 0 Å². The van der Waals surface area contributed by atoms with Crippen LogP contribution in [-0.4, -0.2) is 43.6 Å². The van der Waals surface area contributed by atoms with Gasteiger partial charge in [0.2, 0.25) is 5.91 Å². The molecule has 1 aliphatic rings. The molecule has 1 N–H and O–H groups in total. The van der Waals surface area contributed by atoms with Crippen molar-refractivity contribution in [3.8, 4) is 5.75 Å². The van der Waals surface area contributed by atoms with Crippen molar-refractivity contribution in [2.24, 2.45) is 0 Å². The van der Waals surface area contributed by atoms with Gasteiger partial charge in [-0.3, -0.25) is 4.79 Å². The third-order valence-corrected chi connectivity index (χ3v) is 4.61. The first-order chi connectivity index (χ1) is 11.1. The molecule has 128 valence electrons. The third kappa shape index (κ3) is 4.96. The van der Waals surface area contributed by atoms with Crippen LogP contribution in [0.5, 0.6) is 5.75 Å². The van der Waals surface area contributed by atoms with E-state index in [-0.39, 0.29) is 5.91 Å². The lowest BCUT2D eigenvalue weighted by atomic mass is 9.98.